The summed E-state index contributed by atoms with van der Waals surface area (Å²) < 4.78 is 0. The van der Waals surface area contributed by atoms with Gasteiger partial charge < -0.3 is 10.0 Å². The van der Waals surface area contributed by atoms with Crippen molar-refractivity contribution in [2.24, 2.45) is 0 Å². The number of amides is 1. The second-order valence-electron chi connectivity index (χ2n) is 5.78. The van der Waals surface area contributed by atoms with Crippen LogP contribution >= 0.6 is 0 Å². The second kappa shape index (κ2) is 6.24. The molecule has 0 spiro atoms. The zero-order valence-electron chi connectivity index (χ0n) is 13.1. The van der Waals surface area contributed by atoms with Gasteiger partial charge in [-0.2, -0.15) is 0 Å². The van der Waals surface area contributed by atoms with E-state index in [4.69, 9.17) is 0 Å². The van der Waals surface area contributed by atoms with Gasteiger partial charge in [-0.25, -0.2) is 4.79 Å². The highest BCUT2D eigenvalue weighted by Gasteiger charge is 2.25. The summed E-state index contributed by atoms with van der Waals surface area (Å²) in [6.07, 6.45) is 1.70. The summed E-state index contributed by atoms with van der Waals surface area (Å²) in [5.74, 6) is -0.972. The number of fused-ring (bicyclic) bond motifs is 1. The molecule has 0 unspecified atom stereocenters. The quantitative estimate of drug-likeness (QED) is 0.944. The molecule has 0 fully saturated rings. The van der Waals surface area contributed by atoms with Crippen LogP contribution in [0.2, 0.25) is 0 Å². The van der Waals surface area contributed by atoms with Gasteiger partial charge in [-0.3, -0.25) is 4.79 Å². The van der Waals surface area contributed by atoms with Crippen LogP contribution in [-0.4, -0.2) is 28.4 Å². The van der Waals surface area contributed by atoms with E-state index >= 15 is 0 Å². The van der Waals surface area contributed by atoms with Gasteiger partial charge >= 0.3 is 5.97 Å². The average Bonchev–Trinajstić information content (AvgIpc) is 2.57. The number of carboxylic acids is 1. The minimum absolute atomic E-state index is 0.0123. The van der Waals surface area contributed by atoms with Crippen LogP contribution in [0.1, 0.15) is 44.3 Å². The molecular weight excluding hydrogens is 290 g/mol. The molecule has 4 heteroatoms. The molecule has 2 aromatic carbocycles. The molecule has 118 valence electrons. The Balaban J connectivity index is 1.88. The van der Waals surface area contributed by atoms with Gasteiger partial charge in [0.15, 0.2) is 0 Å². The van der Waals surface area contributed by atoms with E-state index in [2.05, 4.69) is 13.0 Å². The van der Waals surface area contributed by atoms with E-state index in [-0.39, 0.29) is 11.5 Å². The predicted octanol–water partition coefficient (Wildman–Crippen LogP) is 3.15. The molecule has 0 aliphatic carbocycles. The number of nitrogens with zero attached hydrogens (tertiary/aromatic N) is 1. The number of hydrogen-bond donors (Lipinski definition) is 1. The van der Waals surface area contributed by atoms with Crippen LogP contribution in [0.25, 0.3) is 0 Å². The maximum absolute atomic E-state index is 12.7. The van der Waals surface area contributed by atoms with E-state index in [1.165, 1.54) is 0 Å². The molecule has 0 atom stereocenters. The third kappa shape index (κ3) is 2.97. The number of carbonyl (C=O) groups excluding carboxylic acids is 1. The number of carbonyl (C=O) groups is 2. The van der Waals surface area contributed by atoms with Crippen LogP contribution in [-0.2, 0) is 19.4 Å². The highest BCUT2D eigenvalue weighted by Crippen LogP contribution is 2.23. The van der Waals surface area contributed by atoms with Crippen molar-refractivity contribution in [3.05, 3.63) is 70.3 Å². The molecule has 0 aromatic heterocycles. The maximum atomic E-state index is 12.7. The number of hydrogen-bond acceptors (Lipinski definition) is 2. The van der Waals surface area contributed by atoms with Gasteiger partial charge in [-0.1, -0.05) is 37.3 Å². The SMILES string of the molecule is CCc1ccc2c(c1)C(=O)N(Cc1ccccc1C(=O)O)CC2. The first-order valence-corrected chi connectivity index (χ1v) is 7.82. The molecule has 0 saturated carbocycles. The zero-order valence-corrected chi connectivity index (χ0v) is 13.1. The van der Waals surface area contributed by atoms with E-state index in [0.29, 0.717) is 18.7 Å². The number of benzene rings is 2. The Labute approximate surface area is 135 Å². The van der Waals surface area contributed by atoms with E-state index < -0.39 is 5.97 Å². The third-order valence-corrected chi connectivity index (χ3v) is 4.36. The molecule has 0 bridgehead atoms. The molecule has 4 nitrogen and oxygen atoms in total. The van der Waals surface area contributed by atoms with Gasteiger partial charge in [0.25, 0.3) is 5.91 Å². The summed E-state index contributed by atoms with van der Waals surface area (Å²) in [7, 11) is 0. The number of aromatic carboxylic acids is 1. The fourth-order valence-corrected chi connectivity index (χ4v) is 3.01. The Hall–Kier alpha value is -2.62. The molecule has 3 rings (SSSR count). The molecule has 1 N–H and O–H groups in total. The van der Waals surface area contributed by atoms with Crippen LogP contribution in [0.15, 0.2) is 42.5 Å². The number of rotatable bonds is 4. The van der Waals surface area contributed by atoms with Crippen LogP contribution in [0.5, 0.6) is 0 Å². The predicted molar refractivity (Wildman–Crippen MR) is 87.7 cm³/mol. The van der Waals surface area contributed by atoms with Crippen LogP contribution in [0, 0.1) is 0 Å². The van der Waals surface area contributed by atoms with Gasteiger partial charge in [-0.15, -0.1) is 0 Å². The number of carboxylic acid groups (broad SMARTS) is 1. The van der Waals surface area contributed by atoms with Crippen molar-refractivity contribution in [2.75, 3.05) is 6.54 Å². The van der Waals surface area contributed by atoms with Crippen LogP contribution in [0.4, 0.5) is 0 Å². The minimum atomic E-state index is -0.960. The summed E-state index contributed by atoms with van der Waals surface area (Å²) in [5, 5.41) is 9.28. The van der Waals surface area contributed by atoms with E-state index in [1.807, 2.05) is 12.1 Å². The molecule has 1 aliphatic rings. The van der Waals surface area contributed by atoms with Crippen molar-refractivity contribution in [3.8, 4) is 0 Å². The van der Waals surface area contributed by atoms with Crippen molar-refractivity contribution in [1.29, 1.82) is 0 Å². The van der Waals surface area contributed by atoms with Crippen molar-refractivity contribution >= 4 is 11.9 Å². The molecule has 2 aromatic rings. The van der Waals surface area contributed by atoms with E-state index in [0.717, 1.165) is 29.5 Å². The smallest absolute Gasteiger partial charge is 0.336 e. The van der Waals surface area contributed by atoms with Gasteiger partial charge in [0.05, 0.1) is 5.56 Å². The lowest BCUT2D eigenvalue weighted by Gasteiger charge is -2.29. The molecule has 1 heterocycles. The molecular formula is C19H19NO3. The van der Waals surface area contributed by atoms with Crippen LogP contribution in [0.3, 0.4) is 0 Å². The number of aryl methyl sites for hydroxylation is 1. The first-order valence-electron chi connectivity index (χ1n) is 7.82. The summed E-state index contributed by atoms with van der Waals surface area (Å²) in [5.41, 5.74) is 3.90. The zero-order chi connectivity index (χ0) is 16.4. The van der Waals surface area contributed by atoms with Crippen molar-refractivity contribution in [3.63, 3.8) is 0 Å². The Kier molecular flexibility index (Phi) is 4.15. The topological polar surface area (TPSA) is 57.6 Å². The summed E-state index contributed by atoms with van der Waals surface area (Å²) in [6, 6.07) is 12.9. The molecule has 23 heavy (non-hydrogen) atoms. The Morgan fingerprint density at radius 2 is 2.00 bits per heavy atom. The van der Waals surface area contributed by atoms with Crippen LogP contribution < -0.4 is 0 Å². The highest BCUT2D eigenvalue weighted by molar-refractivity contribution is 5.97. The van der Waals surface area contributed by atoms with Gasteiger partial charge in [0.1, 0.15) is 0 Å². The molecule has 0 radical (unpaired) electrons. The normalized spacial score (nSPS) is 13.8. The molecule has 1 aliphatic heterocycles. The molecule has 1 amide bonds. The van der Waals surface area contributed by atoms with Crippen molar-refractivity contribution in [1.82, 2.24) is 4.90 Å². The first-order chi connectivity index (χ1) is 11.1. The largest absolute Gasteiger partial charge is 0.478 e. The summed E-state index contributed by atoms with van der Waals surface area (Å²) >= 11 is 0. The average molecular weight is 309 g/mol. The Bertz CT molecular complexity index is 767. The first kappa shape index (κ1) is 15.3. The molecule has 0 saturated heterocycles. The minimum Gasteiger partial charge on any atom is -0.478 e. The Morgan fingerprint density at radius 1 is 1.22 bits per heavy atom. The van der Waals surface area contributed by atoms with Crippen molar-refractivity contribution in [2.45, 2.75) is 26.3 Å². The lowest BCUT2D eigenvalue weighted by Crippen LogP contribution is -2.37. The standard InChI is InChI=1S/C19H19NO3/c1-2-13-7-8-14-9-10-20(18(21)17(14)11-13)12-15-5-3-4-6-16(15)19(22)23/h3-8,11H,2,9-10,12H2,1H3,(H,22,23). The van der Waals surface area contributed by atoms with E-state index in [1.54, 1.807) is 29.2 Å². The lowest BCUT2D eigenvalue weighted by molar-refractivity contribution is 0.0678. The summed E-state index contributed by atoms with van der Waals surface area (Å²) in [4.78, 5) is 25.8. The lowest BCUT2D eigenvalue weighted by atomic mass is 9.95. The third-order valence-electron chi connectivity index (χ3n) is 4.36. The monoisotopic (exact) mass is 309 g/mol. The second-order valence-corrected chi connectivity index (χ2v) is 5.78. The van der Waals surface area contributed by atoms with Crippen molar-refractivity contribution < 1.29 is 14.7 Å². The van der Waals surface area contributed by atoms with Gasteiger partial charge in [0, 0.05) is 18.7 Å². The Morgan fingerprint density at radius 3 is 2.74 bits per heavy atom. The fraction of sp³-hybridized carbons (Fsp3) is 0.263. The summed E-state index contributed by atoms with van der Waals surface area (Å²) in [6.45, 7) is 3.01. The maximum Gasteiger partial charge on any atom is 0.336 e. The highest BCUT2D eigenvalue weighted by atomic mass is 16.4. The van der Waals surface area contributed by atoms with Gasteiger partial charge in [-0.05, 0) is 41.7 Å². The van der Waals surface area contributed by atoms with Gasteiger partial charge in [0.2, 0.25) is 0 Å². The van der Waals surface area contributed by atoms with E-state index in [9.17, 15) is 14.7 Å². The fourth-order valence-electron chi connectivity index (χ4n) is 3.01.